The fraction of sp³-hybridized carbons (Fsp3) is 0.385. The number of hydrogen-bond acceptors (Lipinski definition) is 5. The number of rotatable bonds is 7. The molecule has 1 aliphatic carbocycles. The van der Waals surface area contributed by atoms with Crippen molar-refractivity contribution < 1.29 is 13.6 Å². The molecule has 3 aromatic rings. The van der Waals surface area contributed by atoms with Crippen molar-refractivity contribution in [3.05, 3.63) is 77.7 Å². The maximum atomic E-state index is 14.1. The Kier molecular flexibility index (Phi) is 6.96. The maximum absolute atomic E-state index is 14.1. The number of amides is 1. The first-order valence-corrected chi connectivity index (χ1v) is 11.4. The minimum atomic E-state index is -0.377. The van der Waals surface area contributed by atoms with E-state index in [0.717, 1.165) is 6.42 Å². The highest BCUT2D eigenvalue weighted by Gasteiger charge is 2.32. The Bertz CT molecular complexity index is 1130. The Labute approximate surface area is 193 Å². The zero-order valence-electron chi connectivity index (χ0n) is 19.2. The average molecular weight is 449 g/mol. The Hall–Kier alpha value is -3.35. The quantitative estimate of drug-likeness (QED) is 0.509. The zero-order valence-corrected chi connectivity index (χ0v) is 19.2. The lowest BCUT2D eigenvalue weighted by atomic mass is 9.70. The summed E-state index contributed by atoms with van der Waals surface area (Å²) in [5.74, 6) is 1.64. The number of halogens is 1. The van der Waals surface area contributed by atoms with Crippen LogP contribution in [0.15, 0.2) is 64.9 Å². The van der Waals surface area contributed by atoms with Crippen LogP contribution >= 0.6 is 0 Å². The van der Waals surface area contributed by atoms with Gasteiger partial charge in [0.15, 0.2) is 0 Å². The molecule has 0 bridgehead atoms. The molecule has 4 rings (SSSR count). The predicted octanol–water partition coefficient (Wildman–Crippen LogP) is 5.10. The molecule has 0 spiro atoms. The lowest BCUT2D eigenvalue weighted by Crippen LogP contribution is -2.37. The number of nitrogens with zero attached hydrogens (tertiary/aromatic N) is 3. The van der Waals surface area contributed by atoms with Crippen LogP contribution < -0.4 is 5.32 Å². The zero-order chi connectivity index (χ0) is 23.4. The minimum absolute atomic E-state index is 0.0837. The molecule has 6 nitrogen and oxygen atoms in total. The fourth-order valence-corrected chi connectivity index (χ4v) is 4.61. The topological polar surface area (TPSA) is 80.9 Å². The van der Waals surface area contributed by atoms with Crippen LogP contribution in [0.25, 0.3) is 11.5 Å². The smallest absolute Gasteiger partial charge is 0.251 e. The van der Waals surface area contributed by atoms with Gasteiger partial charge in [0.25, 0.3) is 11.8 Å². The van der Waals surface area contributed by atoms with Crippen LogP contribution in [-0.2, 0) is 6.42 Å². The van der Waals surface area contributed by atoms with Crippen LogP contribution in [0.2, 0.25) is 0 Å². The molecule has 33 heavy (non-hydrogen) atoms. The van der Waals surface area contributed by atoms with Crippen molar-refractivity contribution in [3.8, 4) is 11.5 Å². The molecule has 172 valence electrons. The van der Waals surface area contributed by atoms with E-state index >= 15 is 0 Å². The number of nitrogens with one attached hydrogen (secondary N) is 1. The molecule has 7 heteroatoms. The van der Waals surface area contributed by atoms with Crippen LogP contribution in [0, 0.1) is 29.5 Å². The summed E-state index contributed by atoms with van der Waals surface area (Å²) in [5, 5.41) is 11.3. The van der Waals surface area contributed by atoms with Crippen molar-refractivity contribution in [2.45, 2.75) is 33.6 Å². The first-order valence-electron chi connectivity index (χ1n) is 11.4. The highest BCUT2D eigenvalue weighted by atomic mass is 19.1. The summed E-state index contributed by atoms with van der Waals surface area (Å²) >= 11 is 0. The first kappa shape index (κ1) is 22.8. The third-order valence-electron chi connectivity index (χ3n) is 6.52. The Morgan fingerprint density at radius 3 is 2.67 bits per heavy atom. The van der Waals surface area contributed by atoms with Gasteiger partial charge < -0.3 is 9.73 Å². The molecule has 1 N–H and O–H groups in total. The van der Waals surface area contributed by atoms with Gasteiger partial charge in [-0.15, -0.1) is 10.2 Å². The van der Waals surface area contributed by atoms with Crippen molar-refractivity contribution in [2.24, 2.45) is 23.7 Å². The van der Waals surface area contributed by atoms with E-state index in [-0.39, 0.29) is 29.5 Å². The molecule has 0 radical (unpaired) electrons. The monoisotopic (exact) mass is 448 g/mol. The lowest BCUT2D eigenvalue weighted by Gasteiger charge is -2.37. The van der Waals surface area contributed by atoms with Gasteiger partial charge in [0.1, 0.15) is 5.82 Å². The Morgan fingerprint density at radius 1 is 1.18 bits per heavy atom. The summed E-state index contributed by atoms with van der Waals surface area (Å²) in [6.45, 7) is 7.15. The number of carbonyl (C=O) groups is 1. The SMILES string of the molecule is CC1=CC(CNC(=O)c2ccncc2)C(C(C)C)CC1Cc1nnc(-c2ccccc2F)o1. The number of allylic oxidation sites excluding steroid dienone is 1. The van der Waals surface area contributed by atoms with Crippen LogP contribution in [0.1, 0.15) is 43.4 Å². The van der Waals surface area contributed by atoms with E-state index in [4.69, 9.17) is 4.42 Å². The summed E-state index contributed by atoms with van der Waals surface area (Å²) in [6, 6.07) is 9.83. The van der Waals surface area contributed by atoms with Crippen LogP contribution in [-0.4, -0.2) is 27.6 Å². The van der Waals surface area contributed by atoms with Gasteiger partial charge in [-0.2, -0.15) is 0 Å². The van der Waals surface area contributed by atoms with E-state index in [9.17, 15) is 9.18 Å². The minimum Gasteiger partial charge on any atom is -0.421 e. The fourth-order valence-electron chi connectivity index (χ4n) is 4.61. The first-order chi connectivity index (χ1) is 15.9. The molecule has 0 aliphatic heterocycles. The molecule has 0 saturated carbocycles. The van der Waals surface area contributed by atoms with Gasteiger partial charge in [0.2, 0.25) is 5.89 Å². The van der Waals surface area contributed by atoms with E-state index in [2.05, 4.69) is 47.3 Å². The highest BCUT2D eigenvalue weighted by Crippen LogP contribution is 2.39. The van der Waals surface area contributed by atoms with Crippen LogP contribution in [0.5, 0.6) is 0 Å². The van der Waals surface area contributed by atoms with Crippen molar-refractivity contribution in [3.63, 3.8) is 0 Å². The Balaban J connectivity index is 1.44. The molecule has 0 saturated heterocycles. The number of pyridine rings is 1. The number of aromatic nitrogens is 3. The Morgan fingerprint density at radius 2 is 1.94 bits per heavy atom. The van der Waals surface area contributed by atoms with Gasteiger partial charge in [0, 0.05) is 30.9 Å². The van der Waals surface area contributed by atoms with Gasteiger partial charge in [-0.3, -0.25) is 9.78 Å². The normalized spacial score (nSPS) is 20.5. The van der Waals surface area contributed by atoms with Gasteiger partial charge in [-0.25, -0.2) is 4.39 Å². The van der Waals surface area contributed by atoms with Gasteiger partial charge >= 0.3 is 0 Å². The summed E-state index contributed by atoms with van der Waals surface area (Å²) < 4.78 is 19.9. The van der Waals surface area contributed by atoms with Crippen LogP contribution in [0.4, 0.5) is 4.39 Å². The third kappa shape index (κ3) is 5.35. The van der Waals surface area contributed by atoms with Crippen molar-refractivity contribution >= 4 is 5.91 Å². The van der Waals surface area contributed by atoms with Gasteiger partial charge in [0.05, 0.1) is 5.56 Å². The highest BCUT2D eigenvalue weighted by molar-refractivity contribution is 5.93. The summed E-state index contributed by atoms with van der Waals surface area (Å²) in [4.78, 5) is 16.4. The van der Waals surface area contributed by atoms with E-state index in [1.807, 2.05) is 0 Å². The number of benzene rings is 1. The summed E-state index contributed by atoms with van der Waals surface area (Å²) in [6.07, 6.45) is 7.10. The predicted molar refractivity (Wildman–Crippen MR) is 124 cm³/mol. The van der Waals surface area contributed by atoms with Crippen molar-refractivity contribution in [2.75, 3.05) is 6.54 Å². The summed E-state index contributed by atoms with van der Waals surface area (Å²) in [7, 11) is 0. The molecule has 3 atom stereocenters. The second kappa shape index (κ2) is 10.1. The van der Waals surface area contributed by atoms with E-state index < -0.39 is 0 Å². The lowest BCUT2D eigenvalue weighted by molar-refractivity contribution is 0.0939. The molecule has 1 aliphatic rings. The van der Waals surface area contributed by atoms with Gasteiger partial charge in [-0.1, -0.05) is 37.6 Å². The molecule has 2 heterocycles. The second-order valence-corrected chi connectivity index (χ2v) is 9.05. The van der Waals surface area contributed by atoms with Crippen LogP contribution in [0.3, 0.4) is 0 Å². The standard InChI is InChI=1S/C26H29FN4O2/c1-16(2)22-13-19(14-24-30-31-26(33-24)21-6-4-5-7-23(21)27)17(3)12-20(22)15-29-25(32)18-8-10-28-11-9-18/h4-12,16,19-20,22H,13-15H2,1-3H3,(H,29,32). The van der Waals surface area contributed by atoms with Crippen molar-refractivity contribution in [1.29, 1.82) is 0 Å². The molecule has 0 fully saturated rings. The third-order valence-corrected chi connectivity index (χ3v) is 6.52. The van der Waals surface area contributed by atoms with E-state index in [0.29, 0.717) is 41.8 Å². The van der Waals surface area contributed by atoms with Gasteiger partial charge in [-0.05, 0) is 61.3 Å². The number of carbonyl (C=O) groups excluding carboxylic acids is 1. The molecule has 1 aromatic carbocycles. The second-order valence-electron chi connectivity index (χ2n) is 9.05. The molecule has 2 aromatic heterocycles. The molecular weight excluding hydrogens is 419 g/mol. The molecular formula is C26H29FN4O2. The number of hydrogen-bond donors (Lipinski definition) is 1. The van der Waals surface area contributed by atoms with E-state index in [1.54, 1.807) is 42.7 Å². The maximum Gasteiger partial charge on any atom is 0.251 e. The van der Waals surface area contributed by atoms with E-state index in [1.165, 1.54) is 11.6 Å². The largest absolute Gasteiger partial charge is 0.421 e. The van der Waals surface area contributed by atoms with Crippen molar-refractivity contribution in [1.82, 2.24) is 20.5 Å². The average Bonchev–Trinajstić information content (AvgIpc) is 3.28. The summed E-state index contributed by atoms with van der Waals surface area (Å²) in [5.41, 5.74) is 2.18. The molecule has 1 amide bonds. The molecule has 3 unspecified atom stereocenters.